The number of hydrogen-bond donors (Lipinski definition) is 0. The average molecular weight is 278 g/mol. The van der Waals surface area contributed by atoms with Gasteiger partial charge in [-0.05, 0) is 12.1 Å². The van der Waals surface area contributed by atoms with E-state index in [0.717, 1.165) is 0 Å². The number of nitro groups is 1. The Morgan fingerprint density at radius 2 is 2.21 bits per heavy atom. The van der Waals surface area contributed by atoms with Crippen LogP contribution in [-0.4, -0.2) is 16.6 Å². The fraction of sp³-hybridized carbons (Fsp3) is 0.125. The number of carbonyl (C=O) groups is 1. The van der Waals surface area contributed by atoms with E-state index in [2.05, 4.69) is 15.9 Å². The summed E-state index contributed by atoms with van der Waals surface area (Å²) < 4.78 is 0.551. The zero-order valence-electron chi connectivity index (χ0n) is 6.87. The van der Waals surface area contributed by atoms with Gasteiger partial charge < -0.3 is 0 Å². The van der Waals surface area contributed by atoms with Gasteiger partial charge in [0.1, 0.15) is 0 Å². The Bertz CT molecular complexity index is 394. The summed E-state index contributed by atoms with van der Waals surface area (Å²) in [6.45, 7) is 0. The molecule has 1 aromatic rings. The maximum absolute atomic E-state index is 11.2. The second-order valence-corrected chi connectivity index (χ2v) is 3.66. The SMILES string of the molecule is O=C(CCl)c1ccc(Br)cc1[N+](=O)[O-]. The molecular formula is C8H5BrClNO3. The highest BCUT2D eigenvalue weighted by atomic mass is 79.9. The van der Waals surface area contributed by atoms with Gasteiger partial charge in [-0.15, -0.1) is 11.6 Å². The van der Waals surface area contributed by atoms with Crippen LogP contribution in [0, 0.1) is 10.1 Å². The predicted molar refractivity (Wildman–Crippen MR) is 55.8 cm³/mol. The fourth-order valence-corrected chi connectivity index (χ4v) is 1.46. The van der Waals surface area contributed by atoms with Crippen molar-refractivity contribution in [3.8, 4) is 0 Å². The molecule has 0 aliphatic carbocycles. The third kappa shape index (κ3) is 2.30. The van der Waals surface area contributed by atoms with Gasteiger partial charge in [-0.1, -0.05) is 15.9 Å². The number of nitro benzene ring substituents is 1. The Kier molecular flexibility index (Phi) is 3.60. The first kappa shape index (κ1) is 11.1. The van der Waals surface area contributed by atoms with Gasteiger partial charge in [-0.25, -0.2) is 0 Å². The topological polar surface area (TPSA) is 60.2 Å². The van der Waals surface area contributed by atoms with Crippen molar-refractivity contribution >= 4 is 39.0 Å². The highest BCUT2D eigenvalue weighted by Gasteiger charge is 2.19. The lowest BCUT2D eigenvalue weighted by molar-refractivity contribution is -0.385. The highest BCUT2D eigenvalue weighted by Crippen LogP contribution is 2.24. The summed E-state index contributed by atoms with van der Waals surface area (Å²) in [5, 5.41) is 10.6. The van der Waals surface area contributed by atoms with Crippen molar-refractivity contribution in [1.29, 1.82) is 0 Å². The molecule has 0 N–H and O–H groups in total. The molecule has 74 valence electrons. The smallest absolute Gasteiger partial charge is 0.281 e. The van der Waals surface area contributed by atoms with Crippen LogP contribution in [0.1, 0.15) is 10.4 Å². The van der Waals surface area contributed by atoms with E-state index >= 15 is 0 Å². The molecule has 0 spiro atoms. The largest absolute Gasteiger partial charge is 0.293 e. The van der Waals surface area contributed by atoms with Crippen LogP contribution >= 0.6 is 27.5 Å². The zero-order valence-corrected chi connectivity index (χ0v) is 9.21. The molecule has 0 radical (unpaired) electrons. The summed E-state index contributed by atoms with van der Waals surface area (Å²) in [7, 11) is 0. The van der Waals surface area contributed by atoms with Gasteiger partial charge in [0.2, 0.25) is 0 Å². The third-order valence-corrected chi connectivity index (χ3v) is 2.31. The van der Waals surface area contributed by atoms with E-state index < -0.39 is 10.7 Å². The van der Waals surface area contributed by atoms with Crippen molar-refractivity contribution in [3.05, 3.63) is 38.3 Å². The van der Waals surface area contributed by atoms with E-state index in [4.69, 9.17) is 11.6 Å². The molecule has 1 aromatic carbocycles. The summed E-state index contributed by atoms with van der Waals surface area (Å²) >= 11 is 8.41. The van der Waals surface area contributed by atoms with Crippen molar-refractivity contribution in [2.45, 2.75) is 0 Å². The van der Waals surface area contributed by atoms with Crippen LogP contribution in [0.5, 0.6) is 0 Å². The van der Waals surface area contributed by atoms with Crippen LogP contribution in [0.15, 0.2) is 22.7 Å². The minimum atomic E-state index is -0.607. The summed E-state index contributed by atoms with van der Waals surface area (Å²) in [5.41, 5.74) is -0.196. The summed E-state index contributed by atoms with van der Waals surface area (Å²) in [4.78, 5) is 21.2. The monoisotopic (exact) mass is 277 g/mol. The Balaban J connectivity index is 3.28. The molecule has 0 aliphatic rings. The minimum absolute atomic E-state index is 0.0354. The summed E-state index contributed by atoms with van der Waals surface area (Å²) in [5.74, 6) is -0.714. The number of alkyl halides is 1. The Morgan fingerprint density at radius 3 is 2.71 bits per heavy atom. The molecule has 1 rings (SSSR count). The van der Waals surface area contributed by atoms with Gasteiger partial charge in [0.05, 0.1) is 16.4 Å². The number of halogens is 2. The molecule has 0 unspecified atom stereocenters. The number of Topliss-reactive ketones (excluding diaryl/α,β-unsaturated/α-hetero) is 1. The Labute approximate surface area is 93.1 Å². The van der Waals surface area contributed by atoms with Crippen molar-refractivity contribution in [3.63, 3.8) is 0 Å². The second kappa shape index (κ2) is 4.52. The number of hydrogen-bond acceptors (Lipinski definition) is 3. The first-order valence-corrected chi connectivity index (χ1v) is 4.92. The van der Waals surface area contributed by atoms with Crippen molar-refractivity contribution in [2.24, 2.45) is 0 Å². The molecule has 0 aliphatic heterocycles. The lowest BCUT2D eigenvalue weighted by Gasteiger charge is -1.99. The minimum Gasteiger partial charge on any atom is -0.293 e. The molecule has 0 amide bonds. The molecule has 4 nitrogen and oxygen atoms in total. The van der Waals surface area contributed by atoms with Gasteiger partial charge in [0.25, 0.3) is 5.69 Å². The molecule has 0 bridgehead atoms. The van der Waals surface area contributed by atoms with Gasteiger partial charge in [0.15, 0.2) is 5.78 Å². The molecule has 0 fully saturated rings. The Hall–Kier alpha value is -0.940. The molecule has 6 heteroatoms. The number of benzene rings is 1. The van der Waals surface area contributed by atoms with Gasteiger partial charge in [-0.2, -0.15) is 0 Å². The van der Waals surface area contributed by atoms with E-state index in [-0.39, 0.29) is 17.1 Å². The van der Waals surface area contributed by atoms with Crippen LogP contribution < -0.4 is 0 Å². The number of nitrogens with zero attached hydrogens (tertiary/aromatic N) is 1. The number of carbonyl (C=O) groups excluding carboxylic acids is 1. The van der Waals surface area contributed by atoms with Crippen LogP contribution in [0.25, 0.3) is 0 Å². The maximum atomic E-state index is 11.2. The molecule has 0 saturated heterocycles. The van der Waals surface area contributed by atoms with E-state index in [1.54, 1.807) is 6.07 Å². The quantitative estimate of drug-likeness (QED) is 0.370. The van der Waals surface area contributed by atoms with Crippen molar-refractivity contribution < 1.29 is 9.72 Å². The molecule has 0 aromatic heterocycles. The highest BCUT2D eigenvalue weighted by molar-refractivity contribution is 9.10. The Morgan fingerprint density at radius 1 is 1.57 bits per heavy atom. The van der Waals surface area contributed by atoms with Crippen molar-refractivity contribution in [1.82, 2.24) is 0 Å². The van der Waals surface area contributed by atoms with Crippen LogP contribution in [0.2, 0.25) is 0 Å². The van der Waals surface area contributed by atoms with Crippen molar-refractivity contribution in [2.75, 3.05) is 5.88 Å². The molecule has 0 heterocycles. The molecule has 0 atom stereocenters. The normalized spacial score (nSPS) is 9.86. The first-order valence-electron chi connectivity index (χ1n) is 3.59. The maximum Gasteiger partial charge on any atom is 0.281 e. The van der Waals surface area contributed by atoms with Gasteiger partial charge >= 0.3 is 0 Å². The van der Waals surface area contributed by atoms with E-state index in [0.29, 0.717) is 4.47 Å². The van der Waals surface area contributed by atoms with Gasteiger partial charge in [-0.3, -0.25) is 14.9 Å². The first-order chi connectivity index (χ1) is 6.56. The number of rotatable bonds is 3. The average Bonchev–Trinajstić information content (AvgIpc) is 2.16. The molecular weight excluding hydrogens is 273 g/mol. The molecule has 14 heavy (non-hydrogen) atoms. The summed E-state index contributed by atoms with van der Waals surface area (Å²) in [6, 6.07) is 4.22. The van der Waals surface area contributed by atoms with E-state index in [1.807, 2.05) is 0 Å². The van der Waals surface area contributed by atoms with Gasteiger partial charge in [0, 0.05) is 10.5 Å². The zero-order chi connectivity index (χ0) is 10.7. The van der Waals surface area contributed by atoms with Crippen LogP contribution in [-0.2, 0) is 0 Å². The molecule has 0 saturated carbocycles. The summed E-state index contributed by atoms with van der Waals surface area (Å²) in [6.07, 6.45) is 0. The third-order valence-electron chi connectivity index (χ3n) is 1.58. The lowest BCUT2D eigenvalue weighted by atomic mass is 10.1. The predicted octanol–water partition coefficient (Wildman–Crippen LogP) is 2.78. The fourth-order valence-electron chi connectivity index (χ4n) is 0.964. The number of ketones is 1. The van der Waals surface area contributed by atoms with E-state index in [1.165, 1.54) is 12.1 Å². The van der Waals surface area contributed by atoms with Crippen LogP contribution in [0.3, 0.4) is 0 Å². The van der Waals surface area contributed by atoms with E-state index in [9.17, 15) is 14.9 Å². The second-order valence-electron chi connectivity index (χ2n) is 2.48. The standard InChI is InChI=1S/C8H5BrClNO3/c9-5-1-2-6(8(12)4-10)7(3-5)11(13)14/h1-3H,4H2. The lowest BCUT2D eigenvalue weighted by Crippen LogP contribution is -2.04. The van der Waals surface area contributed by atoms with Crippen LogP contribution in [0.4, 0.5) is 5.69 Å².